The standard InChI is InChI=1S/C25H22F2N2O2/c26-25(27)18-11-12-20-21(13-18)24(20,25)23(30)31-15-17-14-29(19-9-5-2-6-10-19)28-22(17)16-7-3-1-4-8-16/h1-10,14,18,20-21H,11-13,15H2. The van der Waals surface area contributed by atoms with Crippen LogP contribution in [-0.2, 0) is 16.1 Å². The van der Waals surface area contributed by atoms with Crippen LogP contribution in [0.3, 0.4) is 0 Å². The molecule has 0 N–H and O–H groups in total. The molecule has 158 valence electrons. The second-order valence-electron chi connectivity index (χ2n) is 8.94. The van der Waals surface area contributed by atoms with Crippen molar-refractivity contribution in [1.82, 2.24) is 9.78 Å². The minimum Gasteiger partial charge on any atom is -0.460 e. The first-order valence-electron chi connectivity index (χ1n) is 10.8. The van der Waals surface area contributed by atoms with Crippen LogP contribution in [-0.4, -0.2) is 21.7 Å². The number of fused-ring (bicyclic) bond motifs is 1. The topological polar surface area (TPSA) is 44.1 Å². The average Bonchev–Trinajstić information content (AvgIpc) is 3.23. The van der Waals surface area contributed by atoms with Crippen molar-refractivity contribution in [3.05, 3.63) is 72.4 Å². The van der Waals surface area contributed by atoms with Crippen LogP contribution in [0.2, 0.25) is 0 Å². The highest BCUT2D eigenvalue weighted by atomic mass is 19.3. The summed E-state index contributed by atoms with van der Waals surface area (Å²) in [5.41, 5.74) is 1.55. The van der Waals surface area contributed by atoms with Gasteiger partial charge in [-0.15, -0.1) is 0 Å². The Bertz CT molecular complexity index is 1140. The van der Waals surface area contributed by atoms with E-state index in [-0.39, 0.29) is 18.4 Å². The summed E-state index contributed by atoms with van der Waals surface area (Å²) in [4.78, 5) is 13.0. The summed E-state index contributed by atoms with van der Waals surface area (Å²) in [6.07, 6.45) is 3.49. The van der Waals surface area contributed by atoms with Crippen LogP contribution >= 0.6 is 0 Å². The number of aromatic nitrogens is 2. The van der Waals surface area contributed by atoms with Gasteiger partial charge in [0.1, 0.15) is 12.0 Å². The Kier molecular flexibility index (Phi) is 3.92. The van der Waals surface area contributed by atoms with Crippen LogP contribution in [0.4, 0.5) is 8.78 Å². The Morgan fingerprint density at radius 1 is 1.03 bits per heavy atom. The Hall–Kier alpha value is -3.02. The van der Waals surface area contributed by atoms with Crippen LogP contribution in [0, 0.1) is 23.2 Å². The number of carbonyl (C=O) groups is 1. The molecule has 2 aromatic carbocycles. The molecule has 0 spiro atoms. The van der Waals surface area contributed by atoms with Crippen LogP contribution in [0.1, 0.15) is 24.8 Å². The van der Waals surface area contributed by atoms with Crippen molar-refractivity contribution in [3.8, 4) is 16.9 Å². The quantitative estimate of drug-likeness (QED) is 0.529. The van der Waals surface area contributed by atoms with Gasteiger partial charge < -0.3 is 4.74 Å². The molecule has 4 aliphatic carbocycles. The van der Waals surface area contributed by atoms with E-state index < -0.39 is 23.2 Å². The van der Waals surface area contributed by atoms with E-state index in [0.717, 1.165) is 11.3 Å². The number of nitrogens with zero attached hydrogens (tertiary/aromatic N) is 2. The smallest absolute Gasteiger partial charge is 0.319 e. The molecular formula is C25H22F2N2O2. The summed E-state index contributed by atoms with van der Waals surface area (Å²) < 4.78 is 37.2. The van der Waals surface area contributed by atoms with Crippen LogP contribution < -0.4 is 0 Å². The Morgan fingerprint density at radius 3 is 2.39 bits per heavy atom. The van der Waals surface area contributed by atoms with E-state index >= 15 is 0 Å². The monoisotopic (exact) mass is 420 g/mol. The molecule has 4 fully saturated rings. The molecule has 4 atom stereocenters. The number of esters is 1. The maximum Gasteiger partial charge on any atom is 0.319 e. The number of ether oxygens (including phenoxy) is 1. The number of rotatable bonds is 5. The van der Waals surface area contributed by atoms with E-state index in [0.29, 0.717) is 30.5 Å². The van der Waals surface area contributed by atoms with Gasteiger partial charge in [0.15, 0.2) is 0 Å². The van der Waals surface area contributed by atoms with Crippen molar-refractivity contribution in [1.29, 1.82) is 0 Å². The van der Waals surface area contributed by atoms with Gasteiger partial charge in [-0.1, -0.05) is 48.5 Å². The molecule has 0 radical (unpaired) electrons. The number of hydrogen-bond acceptors (Lipinski definition) is 3. The lowest BCUT2D eigenvalue weighted by Crippen LogP contribution is -2.44. The van der Waals surface area contributed by atoms with Crippen molar-refractivity contribution < 1.29 is 18.3 Å². The zero-order chi connectivity index (χ0) is 21.2. The minimum absolute atomic E-state index is 0.0716. The summed E-state index contributed by atoms with van der Waals surface area (Å²) in [5, 5.41) is 4.70. The molecule has 4 aliphatic rings. The van der Waals surface area contributed by atoms with Crippen LogP contribution in [0.5, 0.6) is 0 Å². The molecule has 0 aliphatic heterocycles. The summed E-state index contributed by atoms with van der Waals surface area (Å²) in [5.74, 6) is -4.79. The zero-order valence-electron chi connectivity index (χ0n) is 16.9. The SMILES string of the molecule is O=C(OCc1cn(-c2ccccc2)nc1-c1ccccc1)C12C3CCC(CC31)C2(F)F. The molecule has 0 amide bonds. The Labute approximate surface area is 178 Å². The maximum absolute atomic E-state index is 15.0. The number of carbonyl (C=O) groups excluding carboxylic acids is 1. The molecule has 31 heavy (non-hydrogen) atoms. The molecule has 6 heteroatoms. The number of halogens is 2. The van der Waals surface area contributed by atoms with E-state index in [1.807, 2.05) is 66.9 Å². The van der Waals surface area contributed by atoms with E-state index in [4.69, 9.17) is 9.84 Å². The second-order valence-corrected chi connectivity index (χ2v) is 8.94. The predicted molar refractivity (Wildman–Crippen MR) is 110 cm³/mol. The third kappa shape index (κ3) is 2.51. The second kappa shape index (κ2) is 6.49. The summed E-state index contributed by atoms with van der Waals surface area (Å²) >= 11 is 0. The van der Waals surface area contributed by atoms with Crippen molar-refractivity contribution in [3.63, 3.8) is 0 Å². The molecule has 4 saturated carbocycles. The van der Waals surface area contributed by atoms with Crippen molar-refractivity contribution in [2.24, 2.45) is 23.2 Å². The molecule has 1 aromatic heterocycles. The summed E-state index contributed by atoms with van der Waals surface area (Å²) in [7, 11) is 0. The molecule has 7 rings (SSSR count). The fraction of sp³-hybridized carbons (Fsp3) is 0.360. The van der Waals surface area contributed by atoms with Crippen molar-refractivity contribution in [2.75, 3.05) is 0 Å². The molecule has 4 unspecified atom stereocenters. The molecule has 4 nitrogen and oxygen atoms in total. The first-order valence-corrected chi connectivity index (χ1v) is 10.8. The fourth-order valence-electron chi connectivity index (χ4n) is 6.05. The normalized spacial score (nSPS) is 29.5. The minimum atomic E-state index is -2.95. The molecule has 1 heterocycles. The van der Waals surface area contributed by atoms with Crippen molar-refractivity contribution >= 4 is 5.97 Å². The molecule has 4 bridgehead atoms. The molecule has 0 saturated heterocycles. The van der Waals surface area contributed by atoms with Crippen LogP contribution in [0.15, 0.2) is 66.9 Å². The lowest BCUT2D eigenvalue weighted by atomic mass is 9.78. The third-order valence-corrected chi connectivity index (χ3v) is 7.53. The van der Waals surface area contributed by atoms with Gasteiger partial charge in [0, 0.05) is 23.2 Å². The van der Waals surface area contributed by atoms with Crippen LogP contribution in [0.25, 0.3) is 16.9 Å². The van der Waals surface area contributed by atoms with Gasteiger partial charge in [-0.3, -0.25) is 4.79 Å². The van der Waals surface area contributed by atoms with E-state index in [2.05, 4.69) is 0 Å². The Balaban J connectivity index is 1.30. The van der Waals surface area contributed by atoms with Gasteiger partial charge in [0.25, 0.3) is 5.92 Å². The number of hydrogen-bond donors (Lipinski definition) is 0. The fourth-order valence-corrected chi connectivity index (χ4v) is 6.05. The van der Waals surface area contributed by atoms with Gasteiger partial charge >= 0.3 is 5.97 Å². The number of benzene rings is 2. The van der Waals surface area contributed by atoms with Gasteiger partial charge in [0.2, 0.25) is 0 Å². The summed E-state index contributed by atoms with van der Waals surface area (Å²) in [6, 6.07) is 19.2. The molecular weight excluding hydrogens is 398 g/mol. The predicted octanol–water partition coefficient (Wildman–Crippen LogP) is 5.26. The number of alkyl halides is 2. The number of para-hydroxylation sites is 1. The first kappa shape index (κ1) is 18.7. The highest BCUT2D eigenvalue weighted by Crippen LogP contribution is 2.81. The van der Waals surface area contributed by atoms with Gasteiger partial charge in [-0.2, -0.15) is 5.10 Å². The van der Waals surface area contributed by atoms with E-state index in [1.165, 1.54) is 0 Å². The Morgan fingerprint density at radius 2 is 1.74 bits per heavy atom. The average molecular weight is 420 g/mol. The first-order chi connectivity index (χ1) is 15.0. The summed E-state index contributed by atoms with van der Waals surface area (Å²) in [6.45, 7) is -0.0716. The lowest BCUT2D eigenvalue weighted by Gasteiger charge is -2.34. The highest BCUT2D eigenvalue weighted by Gasteiger charge is 2.89. The largest absolute Gasteiger partial charge is 0.460 e. The maximum atomic E-state index is 15.0. The molecule has 3 aromatic rings. The van der Waals surface area contributed by atoms with Gasteiger partial charge in [0.05, 0.1) is 11.4 Å². The lowest BCUT2D eigenvalue weighted by molar-refractivity contribution is -0.181. The highest BCUT2D eigenvalue weighted by molar-refractivity contribution is 5.84. The van der Waals surface area contributed by atoms with E-state index in [9.17, 15) is 13.6 Å². The van der Waals surface area contributed by atoms with E-state index in [1.54, 1.807) is 4.68 Å². The third-order valence-electron chi connectivity index (χ3n) is 7.53. The van der Waals surface area contributed by atoms with Gasteiger partial charge in [-0.25, -0.2) is 13.5 Å². The zero-order valence-corrected chi connectivity index (χ0v) is 16.9. The van der Waals surface area contributed by atoms with Crippen molar-refractivity contribution in [2.45, 2.75) is 31.8 Å². The van der Waals surface area contributed by atoms with Gasteiger partial charge in [-0.05, 0) is 43.2 Å².